The van der Waals surface area contributed by atoms with Crippen molar-refractivity contribution in [3.8, 4) is 0 Å². The summed E-state index contributed by atoms with van der Waals surface area (Å²) in [6, 6.07) is 3.81. The van der Waals surface area contributed by atoms with Crippen LogP contribution < -0.4 is 5.32 Å². The van der Waals surface area contributed by atoms with Crippen molar-refractivity contribution in [1.82, 2.24) is 9.62 Å². The van der Waals surface area contributed by atoms with Crippen LogP contribution in [0.3, 0.4) is 0 Å². The number of hydrogen-bond donors (Lipinski definition) is 1. The number of nitrogens with one attached hydrogen (secondary N) is 1. The van der Waals surface area contributed by atoms with Crippen LogP contribution in [0.1, 0.15) is 24.6 Å². The summed E-state index contributed by atoms with van der Waals surface area (Å²) in [5.74, 6) is 0. The van der Waals surface area contributed by atoms with Gasteiger partial charge in [0.1, 0.15) is 4.21 Å². The highest BCUT2D eigenvalue weighted by Crippen LogP contribution is 2.30. The Labute approximate surface area is 113 Å². The van der Waals surface area contributed by atoms with Crippen molar-refractivity contribution < 1.29 is 8.42 Å². The Morgan fingerprint density at radius 2 is 2.28 bits per heavy atom. The fraction of sp³-hybridized carbons (Fsp3) is 0.667. The van der Waals surface area contributed by atoms with E-state index in [4.69, 9.17) is 0 Å². The second-order valence-corrected chi connectivity index (χ2v) is 7.97. The molecular formula is C12H20N2O2S2. The third-order valence-electron chi connectivity index (χ3n) is 3.31. The monoisotopic (exact) mass is 288 g/mol. The Kier molecular flexibility index (Phi) is 4.42. The third kappa shape index (κ3) is 2.77. The van der Waals surface area contributed by atoms with Crippen LogP contribution in [0.2, 0.25) is 0 Å². The van der Waals surface area contributed by atoms with Gasteiger partial charge in [0.15, 0.2) is 0 Å². The van der Waals surface area contributed by atoms with E-state index in [9.17, 15) is 8.42 Å². The van der Waals surface area contributed by atoms with Gasteiger partial charge < -0.3 is 5.32 Å². The van der Waals surface area contributed by atoms with Gasteiger partial charge in [-0.05, 0) is 51.9 Å². The molecule has 0 radical (unpaired) electrons. The average molecular weight is 288 g/mol. The van der Waals surface area contributed by atoms with Crippen LogP contribution >= 0.6 is 11.3 Å². The van der Waals surface area contributed by atoms with Gasteiger partial charge in [0, 0.05) is 17.5 Å². The maximum atomic E-state index is 12.5. The van der Waals surface area contributed by atoms with Gasteiger partial charge >= 0.3 is 0 Å². The SMILES string of the molecule is CNCCc1ccc(S(=O)(=O)N2CCCC2C)s1. The van der Waals surface area contributed by atoms with Crippen LogP contribution in [0.25, 0.3) is 0 Å². The molecule has 1 aromatic heterocycles. The van der Waals surface area contributed by atoms with Crippen LogP contribution in [0.4, 0.5) is 0 Å². The lowest BCUT2D eigenvalue weighted by Crippen LogP contribution is -2.33. The van der Waals surface area contributed by atoms with E-state index in [0.717, 1.165) is 30.7 Å². The van der Waals surface area contributed by atoms with E-state index < -0.39 is 10.0 Å². The second-order valence-electron chi connectivity index (χ2n) is 4.68. The van der Waals surface area contributed by atoms with Crippen molar-refractivity contribution in [2.24, 2.45) is 0 Å². The summed E-state index contributed by atoms with van der Waals surface area (Å²) in [5.41, 5.74) is 0. The van der Waals surface area contributed by atoms with Crippen LogP contribution in [0, 0.1) is 0 Å². The fourth-order valence-electron chi connectivity index (χ4n) is 2.26. The minimum Gasteiger partial charge on any atom is -0.319 e. The quantitative estimate of drug-likeness (QED) is 0.897. The summed E-state index contributed by atoms with van der Waals surface area (Å²) in [7, 11) is -1.36. The molecular weight excluding hydrogens is 268 g/mol. The van der Waals surface area contributed by atoms with Gasteiger partial charge in [-0.3, -0.25) is 0 Å². The fourth-order valence-corrected chi connectivity index (χ4v) is 5.44. The molecule has 1 atom stereocenters. The van der Waals surface area contributed by atoms with E-state index in [1.807, 2.05) is 20.0 Å². The summed E-state index contributed by atoms with van der Waals surface area (Å²) >= 11 is 1.40. The molecule has 1 aliphatic rings. The van der Waals surface area contributed by atoms with Gasteiger partial charge in [-0.25, -0.2) is 8.42 Å². The predicted octanol–water partition coefficient (Wildman–Crippen LogP) is 1.68. The minimum atomic E-state index is -3.26. The first-order valence-corrected chi connectivity index (χ1v) is 8.56. The normalized spacial score (nSPS) is 21.6. The largest absolute Gasteiger partial charge is 0.319 e. The molecule has 1 unspecified atom stereocenters. The van der Waals surface area contributed by atoms with Crippen LogP contribution in [-0.4, -0.2) is 38.9 Å². The maximum Gasteiger partial charge on any atom is 0.252 e. The Hall–Kier alpha value is -0.430. The zero-order chi connectivity index (χ0) is 13.2. The number of likely N-dealkylation sites (N-methyl/N-ethyl adjacent to an activating group) is 1. The molecule has 0 aliphatic carbocycles. The van der Waals surface area contributed by atoms with E-state index in [1.165, 1.54) is 11.3 Å². The van der Waals surface area contributed by atoms with Gasteiger partial charge in [-0.15, -0.1) is 11.3 Å². The molecule has 0 spiro atoms. The minimum absolute atomic E-state index is 0.137. The Morgan fingerprint density at radius 1 is 1.50 bits per heavy atom. The lowest BCUT2D eigenvalue weighted by atomic mass is 10.3. The highest BCUT2D eigenvalue weighted by Gasteiger charge is 2.33. The topological polar surface area (TPSA) is 49.4 Å². The molecule has 6 heteroatoms. The van der Waals surface area contributed by atoms with Crippen molar-refractivity contribution >= 4 is 21.4 Å². The van der Waals surface area contributed by atoms with E-state index in [0.29, 0.717) is 10.8 Å². The summed E-state index contributed by atoms with van der Waals surface area (Å²) in [6.45, 7) is 3.52. The van der Waals surface area contributed by atoms with Crippen molar-refractivity contribution in [2.45, 2.75) is 36.4 Å². The molecule has 0 amide bonds. The first kappa shape index (κ1) is 14.0. The molecule has 0 bridgehead atoms. The smallest absolute Gasteiger partial charge is 0.252 e. The zero-order valence-corrected chi connectivity index (χ0v) is 12.5. The van der Waals surface area contributed by atoms with Crippen molar-refractivity contribution in [1.29, 1.82) is 0 Å². The first-order chi connectivity index (χ1) is 8.55. The Bertz CT molecular complexity index is 496. The highest BCUT2D eigenvalue weighted by atomic mass is 32.2. The third-order valence-corrected chi connectivity index (χ3v) is 6.94. The second kappa shape index (κ2) is 5.69. The lowest BCUT2D eigenvalue weighted by molar-refractivity contribution is 0.409. The Balaban J connectivity index is 2.17. The van der Waals surface area contributed by atoms with Crippen LogP contribution in [0.5, 0.6) is 0 Å². The van der Waals surface area contributed by atoms with E-state index in [2.05, 4.69) is 5.32 Å². The van der Waals surface area contributed by atoms with E-state index >= 15 is 0 Å². The number of nitrogens with zero attached hydrogens (tertiary/aromatic N) is 1. The summed E-state index contributed by atoms with van der Waals surface area (Å²) in [4.78, 5) is 1.12. The molecule has 2 rings (SSSR count). The molecule has 0 aromatic carbocycles. The molecule has 1 aromatic rings. The standard InChI is InChI=1S/C12H20N2O2S2/c1-10-4-3-9-14(10)18(15,16)12-6-5-11(17-12)7-8-13-2/h5-6,10,13H,3-4,7-9H2,1-2H3. The van der Waals surface area contributed by atoms with E-state index in [1.54, 1.807) is 10.4 Å². The molecule has 0 saturated carbocycles. The average Bonchev–Trinajstić information content (AvgIpc) is 2.95. The molecule has 102 valence electrons. The number of thiophene rings is 1. The molecule has 1 aliphatic heterocycles. The number of rotatable bonds is 5. The zero-order valence-electron chi connectivity index (χ0n) is 10.8. The number of hydrogen-bond acceptors (Lipinski definition) is 4. The number of sulfonamides is 1. The lowest BCUT2D eigenvalue weighted by Gasteiger charge is -2.19. The molecule has 1 N–H and O–H groups in total. The molecule has 2 heterocycles. The van der Waals surface area contributed by atoms with Gasteiger partial charge in [-0.1, -0.05) is 0 Å². The molecule has 1 saturated heterocycles. The molecule has 4 nitrogen and oxygen atoms in total. The first-order valence-electron chi connectivity index (χ1n) is 6.31. The van der Waals surface area contributed by atoms with Gasteiger partial charge in [0.25, 0.3) is 10.0 Å². The summed E-state index contributed by atoms with van der Waals surface area (Å²) in [5, 5.41) is 3.07. The molecule has 18 heavy (non-hydrogen) atoms. The van der Waals surface area contributed by atoms with Gasteiger partial charge in [0.05, 0.1) is 0 Å². The van der Waals surface area contributed by atoms with Crippen molar-refractivity contribution in [3.63, 3.8) is 0 Å². The molecule has 1 fully saturated rings. The van der Waals surface area contributed by atoms with Gasteiger partial charge in [0.2, 0.25) is 0 Å². The van der Waals surface area contributed by atoms with Gasteiger partial charge in [-0.2, -0.15) is 4.31 Å². The highest BCUT2D eigenvalue weighted by molar-refractivity contribution is 7.91. The predicted molar refractivity (Wildman–Crippen MR) is 74.5 cm³/mol. The van der Waals surface area contributed by atoms with Crippen LogP contribution in [-0.2, 0) is 16.4 Å². The maximum absolute atomic E-state index is 12.5. The van der Waals surface area contributed by atoms with Crippen molar-refractivity contribution in [2.75, 3.05) is 20.1 Å². The summed E-state index contributed by atoms with van der Waals surface area (Å²) in [6.07, 6.45) is 2.82. The summed E-state index contributed by atoms with van der Waals surface area (Å²) < 4.78 is 27.0. The van der Waals surface area contributed by atoms with Crippen LogP contribution in [0.15, 0.2) is 16.3 Å². The Morgan fingerprint density at radius 3 is 2.89 bits per heavy atom. The van der Waals surface area contributed by atoms with E-state index in [-0.39, 0.29) is 6.04 Å². The van der Waals surface area contributed by atoms with Crippen molar-refractivity contribution in [3.05, 3.63) is 17.0 Å².